The average molecular weight is 310 g/mol. The highest BCUT2D eigenvalue weighted by Gasteiger charge is 2.44. The van der Waals surface area contributed by atoms with Crippen molar-refractivity contribution in [2.24, 2.45) is 0 Å². The van der Waals surface area contributed by atoms with E-state index in [2.05, 4.69) is 5.32 Å². The van der Waals surface area contributed by atoms with Crippen molar-refractivity contribution in [3.8, 4) is 6.07 Å². The van der Waals surface area contributed by atoms with Crippen LogP contribution in [0.25, 0.3) is 0 Å². The second-order valence-electron chi connectivity index (χ2n) is 6.30. The van der Waals surface area contributed by atoms with Gasteiger partial charge in [-0.15, -0.1) is 0 Å². The number of nitrogens with zero attached hydrogens (tertiary/aromatic N) is 1. The molecule has 2 heterocycles. The maximum atomic E-state index is 12.9. The first kappa shape index (κ1) is 15.3. The predicted octanol–water partition coefficient (Wildman–Crippen LogP) is 3.07. The van der Waals surface area contributed by atoms with Gasteiger partial charge in [-0.25, -0.2) is 0 Å². The summed E-state index contributed by atoms with van der Waals surface area (Å²) in [6.45, 7) is 0. The number of hydrogen-bond donors (Lipinski definition) is 2. The predicted molar refractivity (Wildman–Crippen MR) is 73.9 cm³/mol. The van der Waals surface area contributed by atoms with Crippen molar-refractivity contribution in [2.45, 2.75) is 56.0 Å². The quantitative estimate of drug-likeness (QED) is 0.838. The largest absolute Gasteiger partial charge is 0.416 e. The summed E-state index contributed by atoms with van der Waals surface area (Å²) in [6, 6.07) is 5.11. The fourth-order valence-corrected chi connectivity index (χ4v) is 3.75. The number of piperidine rings is 2. The summed E-state index contributed by atoms with van der Waals surface area (Å²) in [7, 11) is 0. The molecule has 118 valence electrons. The summed E-state index contributed by atoms with van der Waals surface area (Å²) in [6.07, 6.45) is -0.924. The minimum atomic E-state index is -4.48. The maximum Gasteiger partial charge on any atom is 0.416 e. The van der Waals surface area contributed by atoms with Gasteiger partial charge in [0.15, 0.2) is 0 Å². The van der Waals surface area contributed by atoms with Gasteiger partial charge in [0.2, 0.25) is 0 Å². The van der Waals surface area contributed by atoms with Crippen LogP contribution in [0, 0.1) is 11.3 Å². The highest BCUT2D eigenvalue weighted by molar-refractivity contribution is 5.45. The summed E-state index contributed by atoms with van der Waals surface area (Å²) in [5, 5.41) is 23.6. The van der Waals surface area contributed by atoms with Crippen LogP contribution in [0.4, 0.5) is 13.2 Å². The van der Waals surface area contributed by atoms with Gasteiger partial charge in [-0.3, -0.25) is 0 Å². The van der Waals surface area contributed by atoms with Crippen molar-refractivity contribution < 1.29 is 18.3 Å². The number of alkyl halides is 3. The number of nitriles is 1. The van der Waals surface area contributed by atoms with Gasteiger partial charge < -0.3 is 10.4 Å². The fraction of sp³-hybridized carbons (Fsp3) is 0.562. The highest BCUT2D eigenvalue weighted by Crippen LogP contribution is 2.42. The minimum absolute atomic E-state index is 0.0959. The minimum Gasteiger partial charge on any atom is -0.385 e. The van der Waals surface area contributed by atoms with Crippen molar-refractivity contribution in [1.82, 2.24) is 5.32 Å². The molecule has 1 aromatic rings. The molecular formula is C16H17F3N2O. The summed E-state index contributed by atoms with van der Waals surface area (Å²) in [4.78, 5) is 0. The Morgan fingerprint density at radius 1 is 1.23 bits per heavy atom. The zero-order valence-corrected chi connectivity index (χ0v) is 12.0. The Balaban J connectivity index is 2.04. The van der Waals surface area contributed by atoms with Gasteiger partial charge in [0.1, 0.15) is 0 Å². The maximum absolute atomic E-state index is 12.9. The van der Waals surface area contributed by atoms with E-state index in [0.717, 1.165) is 37.5 Å². The van der Waals surface area contributed by atoms with Crippen LogP contribution in [0.3, 0.4) is 0 Å². The van der Waals surface area contributed by atoms with Crippen molar-refractivity contribution in [1.29, 1.82) is 5.26 Å². The van der Waals surface area contributed by atoms with Crippen LogP contribution in [-0.2, 0) is 11.8 Å². The summed E-state index contributed by atoms with van der Waals surface area (Å²) >= 11 is 0. The molecule has 2 saturated heterocycles. The topological polar surface area (TPSA) is 56.0 Å². The van der Waals surface area contributed by atoms with Gasteiger partial charge in [0.25, 0.3) is 0 Å². The van der Waals surface area contributed by atoms with Gasteiger partial charge in [0.05, 0.1) is 22.8 Å². The normalized spacial score (nSPS) is 31.6. The third kappa shape index (κ3) is 2.71. The molecule has 0 spiro atoms. The van der Waals surface area contributed by atoms with E-state index >= 15 is 0 Å². The van der Waals surface area contributed by atoms with Crippen molar-refractivity contribution in [3.63, 3.8) is 0 Å². The molecule has 0 aromatic heterocycles. The third-order valence-electron chi connectivity index (χ3n) is 4.71. The first-order valence-electron chi connectivity index (χ1n) is 7.42. The van der Waals surface area contributed by atoms with Crippen LogP contribution in [0.5, 0.6) is 0 Å². The zero-order valence-electron chi connectivity index (χ0n) is 12.0. The molecule has 0 saturated carbocycles. The molecule has 2 bridgehead atoms. The molecule has 2 aliphatic heterocycles. The lowest BCUT2D eigenvalue weighted by molar-refractivity contribution is -0.137. The Hall–Kier alpha value is -1.58. The molecule has 22 heavy (non-hydrogen) atoms. The molecule has 2 N–H and O–H groups in total. The molecule has 3 rings (SSSR count). The molecule has 2 aliphatic rings. The number of fused-ring (bicyclic) bond motifs is 2. The highest BCUT2D eigenvalue weighted by atomic mass is 19.4. The Morgan fingerprint density at radius 2 is 1.86 bits per heavy atom. The lowest BCUT2D eigenvalue weighted by atomic mass is 9.72. The van der Waals surface area contributed by atoms with Gasteiger partial charge in [-0.1, -0.05) is 6.42 Å². The van der Waals surface area contributed by atoms with Crippen LogP contribution in [0.15, 0.2) is 18.2 Å². The van der Waals surface area contributed by atoms with E-state index in [1.807, 2.05) is 6.07 Å². The Labute approximate surface area is 126 Å². The second-order valence-corrected chi connectivity index (χ2v) is 6.30. The van der Waals surface area contributed by atoms with Crippen LogP contribution in [-0.4, -0.2) is 17.2 Å². The first-order chi connectivity index (χ1) is 10.3. The fourth-order valence-electron chi connectivity index (χ4n) is 3.75. The van der Waals surface area contributed by atoms with Crippen LogP contribution >= 0.6 is 0 Å². The lowest BCUT2D eigenvalue weighted by Crippen LogP contribution is -2.54. The lowest BCUT2D eigenvalue weighted by Gasteiger charge is -2.45. The molecular weight excluding hydrogens is 293 g/mol. The van der Waals surface area contributed by atoms with E-state index in [4.69, 9.17) is 0 Å². The number of rotatable bonds is 1. The Morgan fingerprint density at radius 3 is 2.41 bits per heavy atom. The standard InChI is InChI=1S/C16H17F3N2O/c17-16(18,19)11-5-4-10(9-20)14(6-11)15(22)7-12-2-1-3-13(8-15)21-12/h4-6,12-13,21-22H,1-3,7-8H2. The molecule has 6 heteroatoms. The van der Waals surface area contributed by atoms with Crippen molar-refractivity contribution >= 4 is 0 Å². The molecule has 3 nitrogen and oxygen atoms in total. The molecule has 1 aromatic carbocycles. The van der Waals surface area contributed by atoms with Gasteiger partial charge in [-0.05, 0) is 43.9 Å². The average Bonchev–Trinajstić information content (AvgIpc) is 2.45. The van der Waals surface area contributed by atoms with Crippen molar-refractivity contribution in [3.05, 3.63) is 34.9 Å². The molecule has 2 atom stereocenters. The van der Waals surface area contributed by atoms with Crippen molar-refractivity contribution in [2.75, 3.05) is 0 Å². The molecule has 0 aliphatic carbocycles. The van der Waals surface area contributed by atoms with E-state index in [1.165, 1.54) is 0 Å². The molecule has 2 unspecified atom stereocenters. The number of aliphatic hydroxyl groups is 1. The molecule has 0 radical (unpaired) electrons. The number of benzene rings is 1. The second kappa shape index (κ2) is 5.25. The summed E-state index contributed by atoms with van der Waals surface area (Å²) < 4.78 is 38.8. The summed E-state index contributed by atoms with van der Waals surface area (Å²) in [5.74, 6) is 0. The van der Waals surface area contributed by atoms with Gasteiger partial charge in [0, 0.05) is 17.6 Å². The first-order valence-corrected chi connectivity index (χ1v) is 7.42. The van der Waals surface area contributed by atoms with Gasteiger partial charge >= 0.3 is 6.18 Å². The molecule has 0 amide bonds. The van der Waals surface area contributed by atoms with Crippen LogP contribution in [0.2, 0.25) is 0 Å². The van der Waals surface area contributed by atoms with E-state index < -0.39 is 17.3 Å². The third-order valence-corrected chi connectivity index (χ3v) is 4.71. The van der Waals surface area contributed by atoms with Gasteiger partial charge in [-0.2, -0.15) is 18.4 Å². The monoisotopic (exact) mass is 310 g/mol. The Kier molecular flexibility index (Phi) is 3.66. The van der Waals surface area contributed by atoms with E-state index in [9.17, 15) is 23.5 Å². The SMILES string of the molecule is N#Cc1ccc(C(F)(F)F)cc1C1(O)CC2CCCC(C1)N2. The van der Waals surface area contributed by atoms with E-state index in [1.54, 1.807) is 0 Å². The smallest absolute Gasteiger partial charge is 0.385 e. The van der Waals surface area contributed by atoms with E-state index in [-0.39, 0.29) is 23.2 Å². The number of nitrogens with one attached hydrogen (secondary N) is 1. The van der Waals surface area contributed by atoms with Crippen LogP contribution in [0.1, 0.15) is 48.8 Å². The van der Waals surface area contributed by atoms with E-state index in [0.29, 0.717) is 12.8 Å². The zero-order chi connectivity index (χ0) is 16.0. The number of halogens is 3. The van der Waals surface area contributed by atoms with Crippen LogP contribution < -0.4 is 5.32 Å². The molecule has 2 fully saturated rings. The summed E-state index contributed by atoms with van der Waals surface area (Å²) in [5.41, 5.74) is -1.95. The Bertz CT molecular complexity index is 609. The number of hydrogen-bond acceptors (Lipinski definition) is 3.